The van der Waals surface area contributed by atoms with Crippen LogP contribution in [0.1, 0.15) is 12.5 Å². The molecule has 0 radical (unpaired) electrons. The summed E-state index contributed by atoms with van der Waals surface area (Å²) in [6.07, 6.45) is 1.83. The Balaban J connectivity index is 1.99. The first-order chi connectivity index (χ1) is 13.3. The Morgan fingerprint density at radius 3 is 2.68 bits per heavy atom. The van der Waals surface area contributed by atoms with Crippen molar-refractivity contribution < 1.29 is 14.3 Å². The number of nitrogens with zero attached hydrogens (tertiary/aromatic N) is 1. The van der Waals surface area contributed by atoms with Gasteiger partial charge in [0.1, 0.15) is 11.5 Å². The van der Waals surface area contributed by atoms with Crippen LogP contribution in [0, 0.1) is 7.14 Å². The zero-order valence-corrected chi connectivity index (χ0v) is 21.5. The van der Waals surface area contributed by atoms with Crippen LogP contribution >= 0.6 is 80.8 Å². The number of rotatable bonds is 5. The number of thioether (sulfide) groups is 1. The topological polar surface area (TPSA) is 38.8 Å². The molecule has 0 aromatic heterocycles. The van der Waals surface area contributed by atoms with Gasteiger partial charge in [-0.25, -0.2) is 0 Å². The summed E-state index contributed by atoms with van der Waals surface area (Å²) in [6, 6.07) is 9.18. The molecule has 0 unspecified atom stereocenters. The van der Waals surface area contributed by atoms with E-state index in [1.54, 1.807) is 25.3 Å². The number of carbonyl (C=O) groups excluding carboxylic acids is 1. The second-order valence-corrected chi connectivity index (χ2v) is 10.1. The van der Waals surface area contributed by atoms with Gasteiger partial charge in [0.15, 0.2) is 4.32 Å². The maximum atomic E-state index is 13.1. The summed E-state index contributed by atoms with van der Waals surface area (Å²) in [5, 5.41) is 0.420. The third kappa shape index (κ3) is 4.61. The molecule has 0 spiro atoms. The fourth-order valence-corrected chi connectivity index (χ4v) is 6.20. The van der Waals surface area contributed by atoms with E-state index in [1.165, 1.54) is 16.7 Å². The van der Waals surface area contributed by atoms with Crippen LogP contribution in [0.4, 0.5) is 5.69 Å². The first-order valence-electron chi connectivity index (χ1n) is 8.09. The average molecular weight is 658 g/mol. The molecule has 1 heterocycles. The number of halogens is 3. The molecule has 2 aromatic rings. The van der Waals surface area contributed by atoms with E-state index in [0.29, 0.717) is 32.3 Å². The van der Waals surface area contributed by atoms with E-state index in [1.807, 2.05) is 25.1 Å². The van der Waals surface area contributed by atoms with Crippen LogP contribution in [0.3, 0.4) is 0 Å². The lowest BCUT2D eigenvalue weighted by Gasteiger charge is -2.15. The smallest absolute Gasteiger partial charge is 0.270 e. The molecule has 0 saturated carbocycles. The lowest BCUT2D eigenvalue weighted by Crippen LogP contribution is -2.27. The summed E-state index contributed by atoms with van der Waals surface area (Å²) in [5.41, 5.74) is 1.46. The lowest BCUT2D eigenvalue weighted by molar-refractivity contribution is -0.113. The third-order valence-corrected chi connectivity index (χ3v) is 6.82. The van der Waals surface area contributed by atoms with Crippen LogP contribution in [0.2, 0.25) is 5.02 Å². The normalized spacial score (nSPS) is 15.5. The van der Waals surface area contributed by atoms with Gasteiger partial charge >= 0.3 is 0 Å². The fraction of sp³-hybridized carbons (Fsp3) is 0.158. The Hall–Kier alpha value is -0.560. The van der Waals surface area contributed by atoms with Crippen molar-refractivity contribution in [3.8, 4) is 11.5 Å². The molecule has 1 saturated heterocycles. The number of ether oxygens (including phenoxy) is 2. The largest absolute Gasteiger partial charge is 0.495 e. The van der Waals surface area contributed by atoms with Crippen LogP contribution in [0.5, 0.6) is 11.5 Å². The van der Waals surface area contributed by atoms with Crippen molar-refractivity contribution in [3.63, 3.8) is 0 Å². The van der Waals surface area contributed by atoms with Crippen molar-refractivity contribution in [2.45, 2.75) is 6.92 Å². The van der Waals surface area contributed by atoms with Crippen molar-refractivity contribution in [2.24, 2.45) is 0 Å². The quantitative estimate of drug-likeness (QED) is 0.213. The Kier molecular flexibility index (Phi) is 7.51. The van der Waals surface area contributed by atoms with Crippen LogP contribution in [-0.2, 0) is 4.79 Å². The molecule has 1 amide bonds. The average Bonchev–Trinajstić information content (AvgIpc) is 2.91. The molecule has 0 bridgehead atoms. The van der Waals surface area contributed by atoms with Crippen molar-refractivity contribution in [1.82, 2.24) is 0 Å². The minimum Gasteiger partial charge on any atom is -0.495 e. The van der Waals surface area contributed by atoms with E-state index < -0.39 is 0 Å². The maximum Gasteiger partial charge on any atom is 0.270 e. The first-order valence-corrected chi connectivity index (χ1v) is 11.8. The second-order valence-electron chi connectivity index (χ2n) is 5.57. The molecule has 4 nitrogen and oxygen atoms in total. The Labute approximate surface area is 205 Å². The molecule has 146 valence electrons. The molecule has 1 aliphatic heterocycles. The minimum absolute atomic E-state index is 0.187. The molecule has 0 aliphatic carbocycles. The number of anilines is 1. The second kappa shape index (κ2) is 9.50. The summed E-state index contributed by atoms with van der Waals surface area (Å²) in [5.74, 6) is 1.12. The number of methoxy groups -OCH3 is 1. The van der Waals surface area contributed by atoms with Crippen LogP contribution < -0.4 is 14.4 Å². The van der Waals surface area contributed by atoms with Gasteiger partial charge in [0.25, 0.3) is 5.91 Å². The molecule has 1 aliphatic rings. The number of amides is 1. The van der Waals surface area contributed by atoms with Gasteiger partial charge in [-0.1, -0.05) is 35.6 Å². The van der Waals surface area contributed by atoms with Gasteiger partial charge in [-0.3, -0.25) is 9.69 Å². The number of benzene rings is 2. The molecule has 0 N–H and O–H groups in total. The highest BCUT2D eigenvalue weighted by atomic mass is 127. The summed E-state index contributed by atoms with van der Waals surface area (Å²) < 4.78 is 13.5. The fourth-order valence-electron chi connectivity index (χ4n) is 2.61. The number of carbonyl (C=O) groups is 1. The van der Waals surface area contributed by atoms with E-state index in [9.17, 15) is 4.79 Å². The van der Waals surface area contributed by atoms with E-state index in [2.05, 4.69) is 45.2 Å². The van der Waals surface area contributed by atoms with Crippen molar-refractivity contribution >= 4 is 103 Å². The molecule has 9 heteroatoms. The highest BCUT2D eigenvalue weighted by Gasteiger charge is 2.34. The van der Waals surface area contributed by atoms with Gasteiger partial charge < -0.3 is 9.47 Å². The van der Waals surface area contributed by atoms with Gasteiger partial charge in [-0.2, -0.15) is 0 Å². The van der Waals surface area contributed by atoms with Crippen LogP contribution in [0.25, 0.3) is 6.08 Å². The Bertz CT molecular complexity index is 997. The van der Waals surface area contributed by atoms with E-state index >= 15 is 0 Å². The van der Waals surface area contributed by atoms with E-state index in [0.717, 1.165) is 18.5 Å². The van der Waals surface area contributed by atoms with Crippen LogP contribution in [0.15, 0.2) is 35.2 Å². The van der Waals surface area contributed by atoms with Crippen LogP contribution in [-0.4, -0.2) is 23.9 Å². The summed E-state index contributed by atoms with van der Waals surface area (Å²) in [6.45, 7) is 2.48. The zero-order chi connectivity index (χ0) is 20.4. The third-order valence-electron chi connectivity index (χ3n) is 3.80. The highest BCUT2D eigenvalue weighted by Crippen LogP contribution is 2.40. The SMILES string of the molecule is CCOc1c(I)cc(I)cc1/C=C1/SC(=S)N(c2ccc(OC)c(Cl)c2)C1=O. The molecular formula is C19H14ClI2NO3S2. The van der Waals surface area contributed by atoms with Crippen molar-refractivity contribution in [3.05, 3.63) is 53.0 Å². The minimum atomic E-state index is -0.187. The molecule has 1 fully saturated rings. The lowest BCUT2D eigenvalue weighted by atomic mass is 10.2. The summed E-state index contributed by atoms with van der Waals surface area (Å²) in [4.78, 5) is 15.1. The van der Waals surface area contributed by atoms with Gasteiger partial charge in [0.05, 0.1) is 32.9 Å². The maximum absolute atomic E-state index is 13.1. The van der Waals surface area contributed by atoms with Gasteiger partial charge in [0, 0.05) is 9.13 Å². The molecule has 2 aromatic carbocycles. The predicted molar refractivity (Wildman–Crippen MR) is 137 cm³/mol. The highest BCUT2D eigenvalue weighted by molar-refractivity contribution is 14.1. The van der Waals surface area contributed by atoms with Crippen molar-refractivity contribution in [1.29, 1.82) is 0 Å². The monoisotopic (exact) mass is 657 g/mol. The standard InChI is InChI=1S/C19H14ClI2NO3S2/c1-3-26-17-10(6-11(21)8-14(17)22)7-16-18(24)23(19(27)28-16)12-4-5-15(25-2)13(20)9-12/h4-9H,3H2,1-2H3/b16-7+. The van der Waals surface area contributed by atoms with Crippen molar-refractivity contribution in [2.75, 3.05) is 18.6 Å². The van der Waals surface area contributed by atoms with Gasteiger partial charge in [-0.05, 0) is 88.5 Å². The summed E-state index contributed by atoms with van der Waals surface area (Å²) in [7, 11) is 1.54. The van der Waals surface area contributed by atoms with Gasteiger partial charge in [-0.15, -0.1) is 0 Å². The van der Waals surface area contributed by atoms with E-state index in [4.69, 9.17) is 33.3 Å². The number of hydrogen-bond donors (Lipinski definition) is 0. The molecular weight excluding hydrogens is 644 g/mol. The Morgan fingerprint density at radius 1 is 1.29 bits per heavy atom. The number of hydrogen-bond acceptors (Lipinski definition) is 5. The summed E-state index contributed by atoms with van der Waals surface area (Å²) >= 11 is 17.4. The molecule has 28 heavy (non-hydrogen) atoms. The first kappa shape index (κ1) is 22.1. The number of thiocarbonyl (C=S) groups is 1. The zero-order valence-electron chi connectivity index (χ0n) is 14.8. The van der Waals surface area contributed by atoms with E-state index in [-0.39, 0.29) is 5.91 Å². The predicted octanol–water partition coefficient (Wildman–Crippen LogP) is 6.36. The molecule has 3 rings (SSSR count). The molecule has 0 atom stereocenters. The Morgan fingerprint density at radius 2 is 2.04 bits per heavy atom. The van der Waals surface area contributed by atoms with Gasteiger partial charge in [0.2, 0.25) is 0 Å².